The Morgan fingerprint density at radius 3 is 2.73 bits per heavy atom. The van der Waals surface area contributed by atoms with Gasteiger partial charge in [-0.1, -0.05) is 6.92 Å². The number of ether oxygens (including phenoxy) is 1. The van der Waals surface area contributed by atoms with Crippen LogP contribution in [0.5, 0.6) is 5.75 Å². The van der Waals surface area contributed by atoms with Crippen LogP contribution in [0.15, 0.2) is 16.6 Å². The van der Waals surface area contributed by atoms with E-state index in [1.165, 1.54) is 6.07 Å². The molecule has 84 valence electrons. The van der Waals surface area contributed by atoms with Gasteiger partial charge in [0, 0.05) is 6.07 Å². The van der Waals surface area contributed by atoms with Crippen molar-refractivity contribution in [2.45, 2.75) is 19.3 Å². The lowest BCUT2D eigenvalue weighted by molar-refractivity contribution is 0.401. The predicted octanol–water partition coefficient (Wildman–Crippen LogP) is 3.05. The molecule has 0 amide bonds. The molecule has 0 aliphatic rings. The van der Waals surface area contributed by atoms with Crippen LogP contribution in [0.1, 0.15) is 24.8 Å². The van der Waals surface area contributed by atoms with Crippen LogP contribution in [-0.2, 0) is 0 Å². The quantitative estimate of drug-likeness (QED) is 0.917. The Morgan fingerprint density at radius 2 is 2.20 bits per heavy atom. The van der Waals surface area contributed by atoms with Crippen molar-refractivity contribution in [1.29, 1.82) is 0 Å². The number of halogens is 2. The van der Waals surface area contributed by atoms with Crippen LogP contribution < -0.4 is 10.5 Å². The van der Waals surface area contributed by atoms with Gasteiger partial charge in [-0.25, -0.2) is 4.39 Å². The number of rotatable bonds is 4. The summed E-state index contributed by atoms with van der Waals surface area (Å²) in [6.45, 7) is 2.66. The molecule has 2 N–H and O–H groups in total. The average molecular weight is 276 g/mol. The highest BCUT2D eigenvalue weighted by Gasteiger charge is 2.14. The molecule has 0 aromatic heterocycles. The summed E-state index contributed by atoms with van der Waals surface area (Å²) in [6.07, 6.45) is 0.856. The van der Waals surface area contributed by atoms with E-state index in [1.807, 2.05) is 0 Å². The van der Waals surface area contributed by atoms with Gasteiger partial charge in [-0.3, -0.25) is 0 Å². The number of hydrogen-bond donors (Lipinski definition) is 1. The van der Waals surface area contributed by atoms with Gasteiger partial charge >= 0.3 is 0 Å². The third-order valence-corrected chi connectivity index (χ3v) is 3.01. The standard InChI is InChI=1S/C11H15BrFNO/c1-7(3-4-14)8-5-9(12)10(13)6-11(8)15-2/h5-7H,3-4,14H2,1-2H3. The van der Waals surface area contributed by atoms with Crippen molar-refractivity contribution in [2.24, 2.45) is 5.73 Å². The van der Waals surface area contributed by atoms with E-state index < -0.39 is 0 Å². The monoisotopic (exact) mass is 275 g/mol. The molecule has 0 aliphatic carbocycles. The summed E-state index contributed by atoms with van der Waals surface area (Å²) in [7, 11) is 1.54. The van der Waals surface area contributed by atoms with Crippen molar-refractivity contribution in [3.8, 4) is 5.75 Å². The van der Waals surface area contributed by atoms with Gasteiger partial charge in [-0.15, -0.1) is 0 Å². The Hall–Kier alpha value is -0.610. The van der Waals surface area contributed by atoms with Gasteiger partial charge in [0.05, 0.1) is 11.6 Å². The van der Waals surface area contributed by atoms with Gasteiger partial charge < -0.3 is 10.5 Å². The molecule has 0 saturated heterocycles. The highest BCUT2D eigenvalue weighted by Crippen LogP contribution is 2.32. The maximum Gasteiger partial charge on any atom is 0.141 e. The highest BCUT2D eigenvalue weighted by atomic mass is 79.9. The van der Waals surface area contributed by atoms with Crippen molar-refractivity contribution >= 4 is 15.9 Å². The molecule has 1 unspecified atom stereocenters. The molecule has 15 heavy (non-hydrogen) atoms. The Kier molecular flexibility index (Phi) is 4.54. The molecule has 0 heterocycles. The molecule has 4 heteroatoms. The Labute approximate surface area is 97.7 Å². The molecule has 0 saturated carbocycles. The van der Waals surface area contributed by atoms with Crippen molar-refractivity contribution in [3.63, 3.8) is 0 Å². The van der Waals surface area contributed by atoms with E-state index in [-0.39, 0.29) is 11.7 Å². The Bertz CT molecular complexity index is 344. The third-order valence-electron chi connectivity index (χ3n) is 2.40. The molecule has 0 bridgehead atoms. The molecule has 1 atom stereocenters. The van der Waals surface area contributed by atoms with E-state index in [0.717, 1.165) is 12.0 Å². The second-order valence-corrected chi connectivity index (χ2v) is 4.34. The van der Waals surface area contributed by atoms with E-state index in [9.17, 15) is 4.39 Å². The van der Waals surface area contributed by atoms with Gasteiger partial charge in [0.25, 0.3) is 0 Å². The second-order valence-electron chi connectivity index (χ2n) is 3.49. The molecule has 0 aliphatic heterocycles. The smallest absolute Gasteiger partial charge is 0.141 e. The van der Waals surface area contributed by atoms with Gasteiger partial charge in [-0.2, -0.15) is 0 Å². The maximum absolute atomic E-state index is 13.2. The molecular formula is C11H15BrFNO. The topological polar surface area (TPSA) is 35.2 Å². The van der Waals surface area contributed by atoms with E-state index in [1.54, 1.807) is 13.2 Å². The van der Waals surface area contributed by atoms with E-state index in [0.29, 0.717) is 16.8 Å². The lowest BCUT2D eigenvalue weighted by atomic mass is 9.97. The third kappa shape index (κ3) is 2.92. The maximum atomic E-state index is 13.2. The zero-order valence-electron chi connectivity index (χ0n) is 8.89. The summed E-state index contributed by atoms with van der Waals surface area (Å²) < 4.78 is 18.9. The fraction of sp³-hybridized carbons (Fsp3) is 0.455. The first kappa shape index (κ1) is 12.5. The normalized spacial score (nSPS) is 12.6. The fourth-order valence-electron chi connectivity index (χ4n) is 1.51. The van der Waals surface area contributed by atoms with Crippen molar-refractivity contribution in [2.75, 3.05) is 13.7 Å². The minimum Gasteiger partial charge on any atom is -0.496 e. The van der Waals surface area contributed by atoms with E-state index in [2.05, 4.69) is 22.9 Å². The Morgan fingerprint density at radius 1 is 1.53 bits per heavy atom. The van der Waals surface area contributed by atoms with Crippen molar-refractivity contribution in [3.05, 3.63) is 28.0 Å². The largest absolute Gasteiger partial charge is 0.496 e. The average Bonchev–Trinajstić information content (AvgIpc) is 2.21. The fourth-order valence-corrected chi connectivity index (χ4v) is 1.87. The van der Waals surface area contributed by atoms with Crippen LogP contribution >= 0.6 is 15.9 Å². The zero-order chi connectivity index (χ0) is 11.4. The van der Waals surface area contributed by atoms with Crippen molar-refractivity contribution in [1.82, 2.24) is 0 Å². The molecular weight excluding hydrogens is 261 g/mol. The molecule has 1 rings (SSSR count). The summed E-state index contributed by atoms with van der Waals surface area (Å²) in [5.74, 6) is 0.536. The first-order chi connectivity index (χ1) is 7.10. The number of nitrogens with two attached hydrogens (primary N) is 1. The summed E-state index contributed by atoms with van der Waals surface area (Å²) >= 11 is 3.17. The summed E-state index contributed by atoms with van der Waals surface area (Å²) in [4.78, 5) is 0. The number of methoxy groups -OCH3 is 1. The first-order valence-corrected chi connectivity index (χ1v) is 5.62. The summed E-state index contributed by atoms with van der Waals surface area (Å²) in [5, 5.41) is 0. The van der Waals surface area contributed by atoms with Crippen molar-refractivity contribution < 1.29 is 9.13 Å². The number of benzene rings is 1. The van der Waals surface area contributed by atoms with E-state index in [4.69, 9.17) is 10.5 Å². The van der Waals surface area contributed by atoms with Gasteiger partial charge in [0.1, 0.15) is 11.6 Å². The first-order valence-electron chi connectivity index (χ1n) is 4.83. The zero-order valence-corrected chi connectivity index (χ0v) is 10.5. The second kappa shape index (κ2) is 5.47. The van der Waals surface area contributed by atoms with Crippen LogP contribution in [0.4, 0.5) is 4.39 Å². The summed E-state index contributed by atoms with van der Waals surface area (Å²) in [5.41, 5.74) is 6.48. The van der Waals surface area contributed by atoms with Gasteiger partial charge in [-0.05, 0) is 46.4 Å². The van der Waals surface area contributed by atoms with Crippen LogP contribution in [0, 0.1) is 5.82 Å². The van der Waals surface area contributed by atoms with Crippen LogP contribution in [0.3, 0.4) is 0 Å². The van der Waals surface area contributed by atoms with E-state index >= 15 is 0 Å². The molecule has 1 aromatic rings. The molecule has 1 aromatic carbocycles. The van der Waals surface area contributed by atoms with Gasteiger partial charge in [0.15, 0.2) is 0 Å². The molecule has 0 fully saturated rings. The highest BCUT2D eigenvalue weighted by molar-refractivity contribution is 9.10. The lowest BCUT2D eigenvalue weighted by Gasteiger charge is -2.15. The molecule has 0 radical (unpaired) electrons. The van der Waals surface area contributed by atoms with Crippen LogP contribution in [0.2, 0.25) is 0 Å². The lowest BCUT2D eigenvalue weighted by Crippen LogP contribution is -2.06. The van der Waals surface area contributed by atoms with Gasteiger partial charge in [0.2, 0.25) is 0 Å². The molecule has 0 spiro atoms. The number of hydrogen-bond acceptors (Lipinski definition) is 2. The minimum absolute atomic E-state index is 0.266. The Balaban J connectivity index is 3.09. The minimum atomic E-state index is -0.310. The van der Waals surface area contributed by atoms with Crippen LogP contribution in [0.25, 0.3) is 0 Å². The summed E-state index contributed by atoms with van der Waals surface area (Å²) in [6, 6.07) is 3.15. The predicted molar refractivity (Wildman–Crippen MR) is 62.7 cm³/mol. The molecule has 2 nitrogen and oxygen atoms in total. The van der Waals surface area contributed by atoms with Crippen LogP contribution in [-0.4, -0.2) is 13.7 Å². The SMILES string of the molecule is COc1cc(F)c(Br)cc1C(C)CCN.